The standard InChI is InChI=1S/C22H22N4O3/c1-4-29-21(28)16-6-9-18(10-7-16)25-20(27)17-12-23-22(24-13-17)26-19-8-5-14(2)15(3)11-19/h5-13H,4H2,1-3H3,(H,25,27)(H,23,24,26). The third-order valence-electron chi connectivity index (χ3n) is 4.33. The quantitative estimate of drug-likeness (QED) is 0.611. The van der Waals surface area contributed by atoms with Gasteiger partial charge in [-0.05, 0) is 68.3 Å². The first-order valence-corrected chi connectivity index (χ1v) is 9.21. The molecule has 0 radical (unpaired) electrons. The van der Waals surface area contributed by atoms with Gasteiger partial charge >= 0.3 is 5.97 Å². The van der Waals surface area contributed by atoms with E-state index in [1.165, 1.54) is 23.5 Å². The van der Waals surface area contributed by atoms with Crippen LogP contribution in [-0.2, 0) is 4.74 Å². The molecule has 7 heteroatoms. The van der Waals surface area contributed by atoms with E-state index in [9.17, 15) is 9.59 Å². The van der Waals surface area contributed by atoms with Crippen LogP contribution in [-0.4, -0.2) is 28.5 Å². The van der Waals surface area contributed by atoms with Crippen molar-refractivity contribution in [2.45, 2.75) is 20.8 Å². The molecular weight excluding hydrogens is 368 g/mol. The molecule has 7 nitrogen and oxygen atoms in total. The van der Waals surface area contributed by atoms with Gasteiger partial charge in [-0.25, -0.2) is 14.8 Å². The lowest BCUT2D eigenvalue weighted by atomic mass is 10.1. The SMILES string of the molecule is CCOC(=O)c1ccc(NC(=O)c2cnc(Nc3ccc(C)c(C)c3)nc2)cc1. The van der Waals surface area contributed by atoms with Gasteiger partial charge in [-0.2, -0.15) is 0 Å². The van der Waals surface area contributed by atoms with Crippen molar-refractivity contribution >= 4 is 29.2 Å². The molecule has 1 aromatic heterocycles. The van der Waals surface area contributed by atoms with Gasteiger partial charge in [0.1, 0.15) is 0 Å². The predicted octanol–water partition coefficient (Wildman–Crippen LogP) is 4.27. The molecule has 0 aliphatic heterocycles. The minimum Gasteiger partial charge on any atom is -0.462 e. The average molecular weight is 390 g/mol. The Morgan fingerprint density at radius 2 is 1.55 bits per heavy atom. The molecule has 0 unspecified atom stereocenters. The van der Waals surface area contributed by atoms with Gasteiger partial charge in [0.25, 0.3) is 5.91 Å². The van der Waals surface area contributed by atoms with Gasteiger partial charge in [-0.1, -0.05) is 6.07 Å². The Kier molecular flexibility index (Phi) is 6.19. The smallest absolute Gasteiger partial charge is 0.338 e. The molecule has 0 aliphatic rings. The van der Waals surface area contributed by atoms with E-state index >= 15 is 0 Å². The zero-order valence-corrected chi connectivity index (χ0v) is 16.5. The number of esters is 1. The number of nitrogens with one attached hydrogen (secondary N) is 2. The largest absolute Gasteiger partial charge is 0.462 e. The van der Waals surface area contributed by atoms with Crippen molar-refractivity contribution in [1.29, 1.82) is 0 Å². The molecule has 0 saturated heterocycles. The Bertz CT molecular complexity index is 1020. The lowest BCUT2D eigenvalue weighted by Gasteiger charge is -2.08. The topological polar surface area (TPSA) is 93.2 Å². The fourth-order valence-corrected chi connectivity index (χ4v) is 2.57. The highest BCUT2D eigenvalue weighted by Crippen LogP contribution is 2.17. The van der Waals surface area contributed by atoms with Crippen molar-refractivity contribution in [2.24, 2.45) is 0 Å². The van der Waals surface area contributed by atoms with Gasteiger partial charge in [-0.3, -0.25) is 4.79 Å². The van der Waals surface area contributed by atoms with Crippen LogP contribution in [0.15, 0.2) is 54.9 Å². The fourth-order valence-electron chi connectivity index (χ4n) is 2.57. The molecular formula is C22H22N4O3. The van der Waals surface area contributed by atoms with Gasteiger partial charge in [0.05, 0.1) is 17.7 Å². The minimum atomic E-state index is -0.398. The summed E-state index contributed by atoms with van der Waals surface area (Å²) in [7, 11) is 0. The number of anilines is 3. The monoisotopic (exact) mass is 390 g/mol. The van der Waals surface area contributed by atoms with E-state index in [2.05, 4.69) is 20.6 Å². The van der Waals surface area contributed by atoms with Crippen LogP contribution in [0, 0.1) is 13.8 Å². The summed E-state index contributed by atoms with van der Waals surface area (Å²) in [4.78, 5) is 32.5. The van der Waals surface area contributed by atoms with Crippen LogP contribution in [0.25, 0.3) is 0 Å². The number of carbonyl (C=O) groups is 2. The van der Waals surface area contributed by atoms with Crippen LogP contribution in [0.2, 0.25) is 0 Å². The van der Waals surface area contributed by atoms with E-state index in [0.717, 1.165) is 5.69 Å². The summed E-state index contributed by atoms with van der Waals surface area (Å²) < 4.78 is 4.94. The molecule has 3 aromatic rings. The molecule has 0 fully saturated rings. The number of rotatable bonds is 6. The third kappa shape index (κ3) is 5.16. The maximum Gasteiger partial charge on any atom is 0.338 e. The maximum atomic E-state index is 12.4. The summed E-state index contributed by atoms with van der Waals surface area (Å²) in [6.45, 7) is 6.14. The second kappa shape index (κ2) is 8.97. The van der Waals surface area contributed by atoms with Gasteiger partial charge in [0.15, 0.2) is 0 Å². The van der Waals surface area contributed by atoms with Crippen molar-refractivity contribution in [3.63, 3.8) is 0 Å². The number of amides is 1. The predicted molar refractivity (Wildman–Crippen MR) is 112 cm³/mol. The first-order valence-electron chi connectivity index (χ1n) is 9.21. The number of aryl methyl sites for hydroxylation is 2. The van der Waals surface area contributed by atoms with Gasteiger partial charge in [0, 0.05) is 23.8 Å². The summed E-state index contributed by atoms with van der Waals surface area (Å²) in [6.07, 6.45) is 2.91. The third-order valence-corrected chi connectivity index (χ3v) is 4.33. The maximum absolute atomic E-state index is 12.4. The molecule has 0 saturated carbocycles. The first-order chi connectivity index (χ1) is 14.0. The van der Waals surface area contributed by atoms with Crippen LogP contribution in [0.4, 0.5) is 17.3 Å². The van der Waals surface area contributed by atoms with Crippen LogP contribution >= 0.6 is 0 Å². The van der Waals surface area contributed by atoms with Crippen molar-refractivity contribution < 1.29 is 14.3 Å². The van der Waals surface area contributed by atoms with E-state index < -0.39 is 5.97 Å². The number of ether oxygens (including phenoxy) is 1. The highest BCUT2D eigenvalue weighted by molar-refractivity contribution is 6.04. The summed E-state index contributed by atoms with van der Waals surface area (Å²) in [6, 6.07) is 12.5. The summed E-state index contributed by atoms with van der Waals surface area (Å²) in [5.74, 6) is -0.333. The van der Waals surface area contributed by atoms with Gasteiger partial charge in [-0.15, -0.1) is 0 Å². The molecule has 1 amide bonds. The van der Waals surface area contributed by atoms with Gasteiger partial charge in [0.2, 0.25) is 5.95 Å². The van der Waals surface area contributed by atoms with E-state index in [-0.39, 0.29) is 5.91 Å². The molecule has 29 heavy (non-hydrogen) atoms. The first kappa shape index (κ1) is 20.0. The van der Waals surface area contributed by atoms with Crippen molar-refractivity contribution in [1.82, 2.24) is 9.97 Å². The molecule has 148 valence electrons. The number of carbonyl (C=O) groups excluding carboxylic acids is 2. The molecule has 3 rings (SSSR count). The Hall–Kier alpha value is -3.74. The Balaban J connectivity index is 1.62. The number of hydrogen-bond acceptors (Lipinski definition) is 6. The lowest BCUT2D eigenvalue weighted by Crippen LogP contribution is -2.13. The zero-order valence-electron chi connectivity index (χ0n) is 16.5. The van der Waals surface area contributed by atoms with Crippen LogP contribution in [0.3, 0.4) is 0 Å². The molecule has 1 heterocycles. The zero-order chi connectivity index (χ0) is 20.8. The van der Waals surface area contributed by atoms with E-state index in [1.807, 2.05) is 32.0 Å². The second-order valence-corrected chi connectivity index (χ2v) is 6.47. The number of benzene rings is 2. The van der Waals surface area contributed by atoms with Crippen LogP contribution < -0.4 is 10.6 Å². The summed E-state index contributed by atoms with van der Waals surface area (Å²) >= 11 is 0. The average Bonchev–Trinajstić information content (AvgIpc) is 2.72. The number of hydrogen-bond donors (Lipinski definition) is 2. The minimum absolute atomic E-state index is 0.311. The summed E-state index contributed by atoms with van der Waals surface area (Å²) in [5, 5.41) is 5.86. The second-order valence-electron chi connectivity index (χ2n) is 6.47. The Morgan fingerprint density at radius 1 is 0.897 bits per heavy atom. The molecule has 2 aromatic carbocycles. The molecule has 2 N–H and O–H groups in total. The molecule has 0 atom stereocenters. The van der Waals surface area contributed by atoms with E-state index in [0.29, 0.717) is 29.4 Å². The number of aromatic nitrogens is 2. The molecule has 0 spiro atoms. The highest BCUT2D eigenvalue weighted by Gasteiger charge is 2.10. The summed E-state index contributed by atoms with van der Waals surface area (Å²) in [5.41, 5.74) is 4.56. The normalized spacial score (nSPS) is 10.3. The van der Waals surface area contributed by atoms with Gasteiger partial charge < -0.3 is 15.4 Å². The Labute approximate surface area is 169 Å². The molecule has 0 bridgehead atoms. The highest BCUT2D eigenvalue weighted by atomic mass is 16.5. The van der Waals surface area contributed by atoms with E-state index in [4.69, 9.17) is 4.74 Å². The fraction of sp³-hybridized carbons (Fsp3) is 0.182. The van der Waals surface area contributed by atoms with Crippen molar-refractivity contribution in [2.75, 3.05) is 17.2 Å². The van der Waals surface area contributed by atoms with E-state index in [1.54, 1.807) is 31.2 Å². The van der Waals surface area contributed by atoms with Crippen molar-refractivity contribution in [3.05, 3.63) is 77.1 Å². The Morgan fingerprint density at radius 3 is 2.17 bits per heavy atom. The van der Waals surface area contributed by atoms with Crippen LogP contribution in [0.1, 0.15) is 38.8 Å². The molecule has 0 aliphatic carbocycles. The van der Waals surface area contributed by atoms with Crippen LogP contribution in [0.5, 0.6) is 0 Å². The lowest BCUT2D eigenvalue weighted by molar-refractivity contribution is 0.0526. The van der Waals surface area contributed by atoms with Crippen molar-refractivity contribution in [3.8, 4) is 0 Å². The number of nitrogens with zero attached hydrogens (tertiary/aromatic N) is 2.